The molecule has 0 amide bonds. The molecule has 1 unspecified atom stereocenters. The lowest BCUT2D eigenvalue weighted by atomic mass is 9.84. The molecule has 1 heterocycles. The van der Waals surface area contributed by atoms with Crippen LogP contribution in [0.5, 0.6) is 0 Å². The Kier molecular flexibility index (Phi) is 4.59. The van der Waals surface area contributed by atoms with Gasteiger partial charge in [-0.25, -0.2) is 0 Å². The first-order valence-electron chi connectivity index (χ1n) is 8.44. The molecule has 1 aliphatic rings. The monoisotopic (exact) mass is 285 g/mol. The van der Waals surface area contributed by atoms with E-state index in [9.17, 15) is 0 Å². The minimum absolute atomic E-state index is 0.393. The Bertz CT molecular complexity index is 581. The Morgan fingerprint density at radius 2 is 2.00 bits per heavy atom. The number of aryl methyl sites for hydroxylation is 1. The molecule has 0 bridgehead atoms. The fraction of sp³-hybridized carbons (Fsp3) is 0.611. The summed E-state index contributed by atoms with van der Waals surface area (Å²) >= 11 is 0. The first-order chi connectivity index (χ1) is 10.3. The van der Waals surface area contributed by atoms with Crippen molar-refractivity contribution < 1.29 is 0 Å². The highest BCUT2D eigenvalue weighted by Crippen LogP contribution is 2.33. The van der Waals surface area contributed by atoms with Crippen molar-refractivity contribution in [1.82, 2.24) is 15.1 Å². The lowest BCUT2D eigenvalue weighted by Gasteiger charge is -2.26. The highest BCUT2D eigenvalue weighted by molar-refractivity contribution is 5.82. The number of para-hydroxylation sites is 1. The Morgan fingerprint density at radius 3 is 2.76 bits per heavy atom. The number of fused-ring (bicyclic) bond motifs is 1. The first-order valence-corrected chi connectivity index (χ1v) is 8.44. The van der Waals surface area contributed by atoms with Gasteiger partial charge in [0.25, 0.3) is 0 Å². The molecular weight excluding hydrogens is 258 g/mol. The number of nitrogens with zero attached hydrogens (tertiary/aromatic N) is 2. The standard InChI is InChI=1S/C18H27N3/c1-3-19-16(13-14-9-5-4-6-10-14)18-15-11-7-8-12-17(15)21(2)20-18/h7-8,11-12,14,16,19H,3-6,9-10,13H2,1-2H3. The number of hydrogen-bond acceptors (Lipinski definition) is 2. The molecule has 1 atom stereocenters. The quantitative estimate of drug-likeness (QED) is 0.892. The average molecular weight is 285 g/mol. The van der Waals surface area contributed by atoms with E-state index in [1.807, 2.05) is 4.68 Å². The second kappa shape index (κ2) is 6.61. The highest BCUT2D eigenvalue weighted by atomic mass is 15.3. The van der Waals surface area contributed by atoms with Gasteiger partial charge >= 0.3 is 0 Å². The molecule has 0 aliphatic heterocycles. The number of nitrogens with one attached hydrogen (secondary N) is 1. The van der Waals surface area contributed by atoms with Gasteiger partial charge in [-0.3, -0.25) is 4.68 Å². The zero-order chi connectivity index (χ0) is 14.7. The van der Waals surface area contributed by atoms with E-state index in [-0.39, 0.29) is 0 Å². The third-order valence-electron chi connectivity index (χ3n) is 4.86. The van der Waals surface area contributed by atoms with E-state index >= 15 is 0 Å². The molecule has 1 fully saturated rings. The van der Waals surface area contributed by atoms with Gasteiger partial charge in [0.05, 0.1) is 17.3 Å². The van der Waals surface area contributed by atoms with Crippen molar-refractivity contribution in [1.29, 1.82) is 0 Å². The molecule has 0 radical (unpaired) electrons. The zero-order valence-electron chi connectivity index (χ0n) is 13.3. The van der Waals surface area contributed by atoms with Crippen molar-refractivity contribution in [3.63, 3.8) is 0 Å². The van der Waals surface area contributed by atoms with Crippen molar-refractivity contribution in [2.45, 2.75) is 51.5 Å². The second-order valence-electron chi connectivity index (χ2n) is 6.38. The molecule has 1 aromatic heterocycles. The van der Waals surface area contributed by atoms with Crippen LogP contribution < -0.4 is 5.32 Å². The highest BCUT2D eigenvalue weighted by Gasteiger charge is 2.23. The van der Waals surface area contributed by atoms with Crippen LogP contribution in [-0.2, 0) is 7.05 Å². The maximum Gasteiger partial charge on any atom is 0.0872 e. The molecule has 0 saturated heterocycles. The minimum atomic E-state index is 0.393. The van der Waals surface area contributed by atoms with Crippen LogP contribution >= 0.6 is 0 Å². The molecular formula is C18H27N3. The third kappa shape index (κ3) is 3.13. The van der Waals surface area contributed by atoms with Crippen molar-refractivity contribution in [3.8, 4) is 0 Å². The summed E-state index contributed by atoms with van der Waals surface area (Å²) in [5.74, 6) is 0.864. The molecule has 21 heavy (non-hydrogen) atoms. The Labute approximate surface area is 127 Å². The maximum absolute atomic E-state index is 4.83. The SMILES string of the molecule is CCNC(CC1CCCCC1)c1nn(C)c2ccccc12. The summed E-state index contributed by atoms with van der Waals surface area (Å²) in [6.07, 6.45) is 8.27. The van der Waals surface area contributed by atoms with Crippen LogP contribution in [0.3, 0.4) is 0 Å². The van der Waals surface area contributed by atoms with Gasteiger partial charge in [0.15, 0.2) is 0 Å². The summed E-state index contributed by atoms with van der Waals surface area (Å²) in [5, 5.41) is 9.81. The largest absolute Gasteiger partial charge is 0.309 e. The Balaban J connectivity index is 1.87. The van der Waals surface area contributed by atoms with E-state index in [2.05, 4.69) is 43.6 Å². The lowest BCUT2D eigenvalue weighted by Crippen LogP contribution is -2.25. The summed E-state index contributed by atoms with van der Waals surface area (Å²) in [7, 11) is 2.05. The van der Waals surface area contributed by atoms with Gasteiger partial charge in [-0.1, -0.05) is 57.2 Å². The van der Waals surface area contributed by atoms with Crippen molar-refractivity contribution in [2.24, 2.45) is 13.0 Å². The van der Waals surface area contributed by atoms with Gasteiger partial charge < -0.3 is 5.32 Å². The Morgan fingerprint density at radius 1 is 1.24 bits per heavy atom. The van der Waals surface area contributed by atoms with Crippen LogP contribution in [-0.4, -0.2) is 16.3 Å². The zero-order valence-corrected chi connectivity index (χ0v) is 13.3. The average Bonchev–Trinajstić information content (AvgIpc) is 2.86. The fourth-order valence-electron chi connectivity index (χ4n) is 3.79. The molecule has 114 valence electrons. The van der Waals surface area contributed by atoms with E-state index in [1.54, 1.807) is 0 Å². The van der Waals surface area contributed by atoms with Gasteiger partial charge in [0.1, 0.15) is 0 Å². The molecule has 0 spiro atoms. The van der Waals surface area contributed by atoms with Gasteiger partial charge in [-0.05, 0) is 24.9 Å². The molecule has 1 saturated carbocycles. The predicted molar refractivity (Wildman–Crippen MR) is 88.3 cm³/mol. The van der Waals surface area contributed by atoms with Crippen molar-refractivity contribution >= 4 is 10.9 Å². The maximum atomic E-state index is 4.83. The number of benzene rings is 1. The first kappa shape index (κ1) is 14.6. The molecule has 3 heteroatoms. The van der Waals surface area contributed by atoms with Crippen molar-refractivity contribution in [2.75, 3.05) is 6.54 Å². The normalized spacial score (nSPS) is 18.2. The molecule has 1 N–H and O–H groups in total. The molecule has 3 rings (SSSR count). The molecule has 3 nitrogen and oxygen atoms in total. The van der Waals surface area contributed by atoms with Crippen LogP contribution in [0, 0.1) is 5.92 Å². The van der Waals surface area contributed by atoms with E-state index in [0.717, 1.165) is 12.5 Å². The van der Waals surface area contributed by atoms with E-state index < -0.39 is 0 Å². The smallest absolute Gasteiger partial charge is 0.0872 e. The molecule has 1 aromatic carbocycles. The molecule has 1 aliphatic carbocycles. The minimum Gasteiger partial charge on any atom is -0.309 e. The summed E-state index contributed by atoms with van der Waals surface area (Å²) in [4.78, 5) is 0. The van der Waals surface area contributed by atoms with Gasteiger partial charge in [0.2, 0.25) is 0 Å². The summed E-state index contributed by atoms with van der Waals surface area (Å²) in [6, 6.07) is 8.98. The summed E-state index contributed by atoms with van der Waals surface area (Å²) in [5.41, 5.74) is 2.47. The van der Waals surface area contributed by atoms with Crippen molar-refractivity contribution in [3.05, 3.63) is 30.0 Å². The summed E-state index contributed by atoms with van der Waals surface area (Å²) < 4.78 is 2.02. The third-order valence-corrected chi connectivity index (χ3v) is 4.86. The van der Waals surface area contributed by atoms with Crippen LogP contribution in [0.4, 0.5) is 0 Å². The predicted octanol–water partition coefficient (Wildman–Crippen LogP) is 4.19. The van der Waals surface area contributed by atoms with Gasteiger partial charge in [0, 0.05) is 12.4 Å². The molecule has 2 aromatic rings. The summed E-state index contributed by atoms with van der Waals surface area (Å²) in [6.45, 7) is 3.20. The lowest BCUT2D eigenvalue weighted by molar-refractivity contribution is 0.299. The van der Waals surface area contributed by atoms with E-state index in [0.29, 0.717) is 6.04 Å². The van der Waals surface area contributed by atoms with Crippen LogP contribution in [0.15, 0.2) is 24.3 Å². The van der Waals surface area contributed by atoms with Gasteiger partial charge in [-0.15, -0.1) is 0 Å². The van der Waals surface area contributed by atoms with Crippen LogP contribution in [0.2, 0.25) is 0 Å². The topological polar surface area (TPSA) is 29.9 Å². The second-order valence-corrected chi connectivity index (χ2v) is 6.38. The van der Waals surface area contributed by atoms with Crippen LogP contribution in [0.25, 0.3) is 10.9 Å². The Hall–Kier alpha value is -1.35. The van der Waals surface area contributed by atoms with Crippen LogP contribution in [0.1, 0.15) is 57.2 Å². The fourth-order valence-corrected chi connectivity index (χ4v) is 3.79. The number of hydrogen-bond donors (Lipinski definition) is 1. The van der Waals surface area contributed by atoms with E-state index in [4.69, 9.17) is 5.10 Å². The van der Waals surface area contributed by atoms with E-state index in [1.165, 1.54) is 55.1 Å². The number of aromatic nitrogens is 2. The number of rotatable bonds is 5. The van der Waals surface area contributed by atoms with Gasteiger partial charge in [-0.2, -0.15) is 5.10 Å².